The highest BCUT2D eigenvalue weighted by Crippen LogP contribution is 2.34. The monoisotopic (exact) mass is 1920 g/mol. The summed E-state index contributed by atoms with van der Waals surface area (Å²) in [7, 11) is 6.18. The van der Waals surface area contributed by atoms with Crippen LogP contribution in [0, 0.1) is 71.0 Å². The lowest BCUT2D eigenvalue weighted by molar-refractivity contribution is -0.151. The van der Waals surface area contributed by atoms with Crippen molar-refractivity contribution in [1.29, 1.82) is 0 Å². The number of amides is 6. The van der Waals surface area contributed by atoms with Gasteiger partial charge in [0.25, 0.3) is 0 Å². The van der Waals surface area contributed by atoms with Crippen LogP contribution in [0.15, 0.2) is 144 Å². The van der Waals surface area contributed by atoms with Crippen molar-refractivity contribution in [2.75, 3.05) is 28.4 Å². The van der Waals surface area contributed by atoms with Crippen molar-refractivity contribution < 1.29 is 131 Å². The predicted octanol–water partition coefficient (Wildman–Crippen LogP) is 13.5. The number of aliphatic hydroxyl groups is 5. The Bertz CT molecular complexity index is 4310. The minimum Gasteiger partial charge on any atom is -0.457 e. The van der Waals surface area contributed by atoms with Gasteiger partial charge in [0.05, 0.1) is 54.2 Å². The lowest BCUT2D eigenvalue weighted by Gasteiger charge is -2.28. The zero-order valence-electron chi connectivity index (χ0n) is 83.5. The van der Waals surface area contributed by atoms with Crippen molar-refractivity contribution in [1.82, 2.24) is 16.0 Å². The van der Waals surface area contributed by atoms with Crippen LogP contribution in [-0.2, 0) is 105 Å². The summed E-state index contributed by atoms with van der Waals surface area (Å²) in [5.41, 5.74) is 2.75. The van der Waals surface area contributed by atoms with Crippen LogP contribution in [0.3, 0.4) is 0 Å². The first-order valence-corrected chi connectivity index (χ1v) is 49.1. The van der Waals surface area contributed by atoms with Crippen LogP contribution in [0.4, 0.5) is 0 Å². The van der Waals surface area contributed by atoms with E-state index < -0.39 is 121 Å². The molecular weight excluding hydrogens is 1760 g/mol. The van der Waals surface area contributed by atoms with Crippen LogP contribution in [0.25, 0.3) is 0 Å². The molecule has 1 aliphatic carbocycles. The molecule has 6 amide bonds. The highest BCUT2D eigenvalue weighted by atomic mass is 16.6. The smallest absolute Gasteiger partial charge is 0.331 e. The first-order chi connectivity index (χ1) is 65.1. The summed E-state index contributed by atoms with van der Waals surface area (Å²) in [5.74, 6) is -7.66. The molecule has 30 heteroatoms. The maximum absolute atomic E-state index is 13.1. The zero-order chi connectivity index (χ0) is 102. The third-order valence-corrected chi connectivity index (χ3v) is 26.6. The number of imide groups is 3. The highest BCUT2D eigenvalue weighted by Gasteiger charge is 2.38. The molecule has 137 heavy (non-hydrogen) atoms. The van der Waals surface area contributed by atoms with E-state index in [0.29, 0.717) is 93.8 Å². The van der Waals surface area contributed by atoms with Gasteiger partial charge in [-0.05, 0) is 157 Å². The molecule has 1 saturated carbocycles. The largest absolute Gasteiger partial charge is 0.457 e. The average molecular weight is 1920 g/mol. The number of piperidine rings is 3. The topological polar surface area (TPSA) is 450 Å². The third-order valence-electron chi connectivity index (χ3n) is 26.6. The van der Waals surface area contributed by atoms with E-state index in [-0.39, 0.29) is 157 Å². The number of ketones is 4. The maximum atomic E-state index is 13.1. The number of aliphatic hydroxyl groups excluding tert-OH is 5. The summed E-state index contributed by atoms with van der Waals surface area (Å²) in [6.07, 6.45) is 42.2. The Hall–Kier alpha value is -9.50. The number of esters is 4. The van der Waals surface area contributed by atoms with Gasteiger partial charge in [0.2, 0.25) is 35.4 Å². The molecule has 0 unspecified atom stereocenters. The van der Waals surface area contributed by atoms with Crippen molar-refractivity contribution in [3.05, 3.63) is 144 Å². The summed E-state index contributed by atoms with van der Waals surface area (Å²) in [5, 5.41) is 60.2. The van der Waals surface area contributed by atoms with Crippen LogP contribution in [-0.4, -0.2) is 216 Å². The van der Waals surface area contributed by atoms with Gasteiger partial charge in [0.15, 0.2) is 5.78 Å². The van der Waals surface area contributed by atoms with Crippen LogP contribution >= 0.6 is 0 Å². The van der Waals surface area contributed by atoms with E-state index in [0.717, 1.165) is 30.8 Å². The van der Waals surface area contributed by atoms with Gasteiger partial charge in [0, 0.05) is 135 Å². The molecule has 0 aromatic rings. The highest BCUT2D eigenvalue weighted by molar-refractivity contribution is 5.99. The first-order valence-electron chi connectivity index (χ1n) is 49.1. The molecule has 0 spiro atoms. The molecule has 21 atom stereocenters. The number of ether oxygens (including phenoxy) is 8. The molecule has 7 heterocycles. The van der Waals surface area contributed by atoms with Gasteiger partial charge in [-0.25, -0.2) is 14.4 Å². The van der Waals surface area contributed by atoms with Gasteiger partial charge in [-0.2, -0.15) is 0 Å². The molecule has 3 saturated heterocycles. The van der Waals surface area contributed by atoms with Gasteiger partial charge in [-0.1, -0.05) is 191 Å². The Kier molecular flexibility index (Phi) is 53.9. The molecule has 762 valence electrons. The van der Waals surface area contributed by atoms with Crippen LogP contribution < -0.4 is 16.0 Å². The Morgan fingerprint density at radius 2 is 0.708 bits per heavy atom. The van der Waals surface area contributed by atoms with Gasteiger partial charge >= 0.3 is 23.9 Å². The lowest BCUT2D eigenvalue weighted by Crippen LogP contribution is -2.40. The van der Waals surface area contributed by atoms with Gasteiger partial charge in [-0.15, -0.1) is 0 Å². The number of cyclic esters (lactones) is 4. The summed E-state index contributed by atoms with van der Waals surface area (Å²) in [4.78, 5) is 171. The average Bonchev–Trinajstić information content (AvgIpc) is 0.847. The molecule has 0 bridgehead atoms. The quantitative estimate of drug-likeness (QED) is 0.0124. The molecule has 0 radical (unpaired) electrons. The fraction of sp³-hybridized carbons (Fsp3) is 0.645. The van der Waals surface area contributed by atoms with E-state index in [1.165, 1.54) is 77.7 Å². The van der Waals surface area contributed by atoms with Crippen LogP contribution in [0.5, 0.6) is 0 Å². The summed E-state index contributed by atoms with van der Waals surface area (Å²) in [6, 6.07) is 0. The Morgan fingerprint density at radius 3 is 1.07 bits per heavy atom. The van der Waals surface area contributed by atoms with Crippen LogP contribution in [0.1, 0.15) is 263 Å². The molecule has 7 aliphatic heterocycles. The number of methoxy groups -OCH3 is 4. The van der Waals surface area contributed by atoms with E-state index in [1.54, 1.807) is 103 Å². The molecular formula is C107H157N3O27. The standard InChI is InChI=1S/C28H44O5.C27H39NO8.C27H37NO7.C25H37NO7/c1-20-19-21(2)28(22(3)24(29)16-12-15-23-13-8-7-9-14-23)33-26(30)18-11-6-5-10-17-25(32-4)27(20)31;1-16-11-17(2)27(36-25(33)10-8-6-5-7-9-22(35-4)26(16)34)18(3)21(30)15-20(29)12-19-13-23(31)28-24(32)14-19;1-17-14-18(2)27(35-25(32)13-8-6-5-7-12-22(34-4)26(17)33)19(3)21(29)11-9-10-20-15-23(30)28-24(31)16-20;1-15-12-16(2)25(33-23(30)11-6-5-10-20(32-4)24(15)31)17(3)19(27)9-7-8-18-13-21(28)26-22(29)14-18/h10-11,17-20,22-23,25,27-28,31H,5-9,12-16H2,1-4H3;7-11,16,18-20,22,26-27,29,34H,5-6,12-15H2,1-4H3,(H,28,31,32);7-9,11-14,17,19-20,22,26-27,33H,5-6,10,15-16H2,1-4H3,(H,28,30,31);5,10,12,15,17-18,20,24-25,31H,6-9,11,13-14H2,1-4H3,(H,26,28,29)/b17-10+,18-11+,21-19-;9-7+,10-8+,17-11-;11-9+,12-7+,13-8+,18-14-;10-5+,16-12-/t20-,22-,25-,27+,28+;16-,18-,20+,22-,26+,27+;17-,19-,22-,26+,27+;15-,17-,20-,24+,25+/m0000/s1. The Balaban J connectivity index is 0.000000323. The number of nitrogens with one attached hydrogen (secondary N) is 3. The van der Waals surface area contributed by atoms with Crippen LogP contribution in [0.2, 0.25) is 0 Å². The summed E-state index contributed by atoms with van der Waals surface area (Å²) >= 11 is 0. The van der Waals surface area contributed by atoms with Gasteiger partial charge < -0.3 is 63.4 Å². The van der Waals surface area contributed by atoms with E-state index in [4.69, 9.17) is 37.9 Å². The normalized spacial score (nSPS) is 31.8. The molecule has 30 nitrogen and oxygen atoms in total. The van der Waals surface area contributed by atoms with Crippen molar-refractivity contribution in [2.24, 2.45) is 71.0 Å². The SMILES string of the molecule is CO[C@H]1/C=C/CC/C=C/C(=O)O[C@@H]([C@@H](C)C(=O)/C=C/CC2CC(=O)NC(=O)C2)/C(C)=C\[C@H](C)[C@H]1O.CO[C@H]1/C=C/CC/C=C/C(=O)O[C@@H]([C@@H](C)C(=O)CCCC2CCCCC2)/C(C)=C\[C@H](C)[C@H]1O.CO[C@H]1/C=C/CC/C=C/C(=O)O[C@@H]([C@@H](C)C(=O)C[C@H](O)CC2CC(=O)NC(=O)C2)/C(C)=C\[C@H](C)[C@H]1O.CO[C@H]1/C=C/CCC(=O)O[C@@H]([C@@H](C)C(=O)CCCC2CC(=O)NC(=O)C2)/C(C)=C\[C@H](C)[C@H]1O. The minimum atomic E-state index is -1.03. The number of allylic oxidation sites excluding steroid dienone is 9. The molecule has 4 fully saturated rings. The Labute approximate surface area is 810 Å². The third kappa shape index (κ3) is 42.6. The first kappa shape index (κ1) is 118. The number of hydrogen-bond donors (Lipinski definition) is 8. The predicted molar refractivity (Wildman–Crippen MR) is 517 cm³/mol. The zero-order valence-corrected chi connectivity index (χ0v) is 83.5. The van der Waals surface area contributed by atoms with Gasteiger partial charge in [-0.3, -0.25) is 68.7 Å². The number of rotatable bonds is 27. The second-order valence-electron chi connectivity index (χ2n) is 38.2. The fourth-order valence-electron chi connectivity index (χ4n) is 18.5. The molecule has 0 aromatic carbocycles. The molecule has 8 rings (SSSR count). The number of carbonyl (C=O) groups is 14. The van der Waals surface area contributed by atoms with Crippen molar-refractivity contribution >= 4 is 82.5 Å². The van der Waals surface area contributed by atoms with Crippen molar-refractivity contribution in [3.8, 4) is 0 Å². The number of carbonyl (C=O) groups excluding carboxylic acids is 14. The van der Waals surface area contributed by atoms with E-state index >= 15 is 0 Å². The fourth-order valence-corrected chi connectivity index (χ4v) is 18.5. The molecule has 0 aromatic heterocycles. The van der Waals surface area contributed by atoms with E-state index in [9.17, 15) is 92.7 Å². The van der Waals surface area contributed by atoms with Gasteiger partial charge in [0.1, 0.15) is 66.2 Å². The van der Waals surface area contributed by atoms with Crippen molar-refractivity contribution in [3.63, 3.8) is 0 Å². The molecule has 8 aliphatic rings. The summed E-state index contributed by atoms with van der Waals surface area (Å²) < 4.78 is 44.5. The van der Waals surface area contributed by atoms with E-state index in [1.807, 2.05) is 84.1 Å². The van der Waals surface area contributed by atoms with Crippen molar-refractivity contribution in [2.45, 2.75) is 342 Å². The second kappa shape index (κ2) is 62.5. The lowest BCUT2D eigenvalue weighted by atomic mass is 9.84. The summed E-state index contributed by atoms with van der Waals surface area (Å²) in [6.45, 7) is 21.5. The molecule has 8 N–H and O–H groups in total. The minimum absolute atomic E-state index is 0.0397. The number of Topliss-reactive ketones (excluding diaryl/α,β-unsaturated/α-hetero) is 3. The number of hydrogen-bond acceptors (Lipinski definition) is 27. The maximum Gasteiger partial charge on any atom is 0.331 e. The van der Waals surface area contributed by atoms with E-state index in [2.05, 4.69) is 16.0 Å². The second-order valence-corrected chi connectivity index (χ2v) is 38.2. The Morgan fingerprint density at radius 1 is 0.401 bits per heavy atom.